The maximum atomic E-state index is 12.7. The molecule has 0 heterocycles. The molecule has 0 saturated heterocycles. The number of benzene rings is 2. The summed E-state index contributed by atoms with van der Waals surface area (Å²) in [6, 6.07) is 11.6. The van der Waals surface area contributed by atoms with Gasteiger partial charge in [-0.1, -0.05) is 19.3 Å². The van der Waals surface area contributed by atoms with E-state index in [1.165, 1.54) is 53.4 Å². The number of carbonyl (C=O) groups excluding carboxylic acids is 1. The summed E-state index contributed by atoms with van der Waals surface area (Å²) < 4.78 is 15.9. The summed E-state index contributed by atoms with van der Waals surface area (Å²) in [4.78, 5) is 12.7. The lowest BCUT2D eigenvalue weighted by molar-refractivity contribution is 0.102. The van der Waals surface area contributed by atoms with Crippen LogP contribution < -0.4 is 24.8 Å². The van der Waals surface area contributed by atoms with Crippen LogP contribution in [0.3, 0.4) is 0 Å². The number of rotatable bonds is 7. The summed E-state index contributed by atoms with van der Waals surface area (Å²) in [5.41, 5.74) is 2.24. The van der Waals surface area contributed by atoms with Crippen molar-refractivity contribution in [3.63, 3.8) is 0 Å². The van der Waals surface area contributed by atoms with Gasteiger partial charge < -0.3 is 24.8 Å². The summed E-state index contributed by atoms with van der Waals surface area (Å²) in [6.45, 7) is 0. The van der Waals surface area contributed by atoms with E-state index in [9.17, 15) is 4.79 Å². The first-order valence-corrected chi connectivity index (χ1v) is 9.62. The van der Waals surface area contributed by atoms with Crippen molar-refractivity contribution in [2.45, 2.75) is 38.1 Å². The van der Waals surface area contributed by atoms with Crippen molar-refractivity contribution in [2.24, 2.45) is 0 Å². The minimum absolute atomic E-state index is 0.243. The zero-order valence-electron chi connectivity index (χ0n) is 16.7. The van der Waals surface area contributed by atoms with Gasteiger partial charge in [-0.25, -0.2) is 0 Å². The van der Waals surface area contributed by atoms with Gasteiger partial charge in [0.25, 0.3) is 5.91 Å². The molecule has 0 bridgehead atoms. The number of carbonyl (C=O) groups is 1. The molecule has 1 amide bonds. The third kappa shape index (κ3) is 4.68. The standard InChI is InChI=1S/C22H28N2O4/c1-26-19-13-15(14-20(27-2)21(19)28-3)22(25)24-18-11-9-17(10-12-18)23-16-7-5-4-6-8-16/h9-14,16,23H,4-8H2,1-3H3,(H,24,25). The van der Waals surface area contributed by atoms with Crippen molar-refractivity contribution < 1.29 is 19.0 Å². The fourth-order valence-electron chi connectivity index (χ4n) is 3.55. The third-order valence-electron chi connectivity index (χ3n) is 5.05. The molecule has 28 heavy (non-hydrogen) atoms. The van der Waals surface area contributed by atoms with Gasteiger partial charge >= 0.3 is 0 Å². The highest BCUT2D eigenvalue weighted by molar-refractivity contribution is 6.05. The van der Waals surface area contributed by atoms with E-state index in [4.69, 9.17) is 14.2 Å². The molecule has 0 spiro atoms. The van der Waals surface area contributed by atoms with Crippen molar-refractivity contribution in [3.8, 4) is 17.2 Å². The van der Waals surface area contributed by atoms with Gasteiger partial charge in [0.15, 0.2) is 11.5 Å². The van der Waals surface area contributed by atoms with E-state index in [0.29, 0.717) is 28.9 Å². The van der Waals surface area contributed by atoms with Crippen LogP contribution >= 0.6 is 0 Å². The van der Waals surface area contributed by atoms with E-state index in [0.717, 1.165) is 11.4 Å². The Hall–Kier alpha value is -2.89. The molecule has 1 fully saturated rings. The van der Waals surface area contributed by atoms with Gasteiger partial charge in [-0.15, -0.1) is 0 Å². The summed E-state index contributed by atoms with van der Waals surface area (Å²) in [5.74, 6) is 1.10. The fourth-order valence-corrected chi connectivity index (χ4v) is 3.55. The van der Waals surface area contributed by atoms with Crippen molar-refractivity contribution >= 4 is 17.3 Å². The lowest BCUT2D eigenvalue weighted by atomic mass is 9.95. The fraction of sp³-hybridized carbons (Fsp3) is 0.409. The molecule has 0 atom stereocenters. The molecule has 0 unspecified atom stereocenters. The number of hydrogen-bond acceptors (Lipinski definition) is 5. The third-order valence-corrected chi connectivity index (χ3v) is 5.05. The van der Waals surface area contributed by atoms with Gasteiger partial charge in [-0.05, 0) is 49.2 Å². The molecule has 2 N–H and O–H groups in total. The second kappa shape index (κ2) is 9.35. The average Bonchev–Trinajstić information content (AvgIpc) is 2.74. The average molecular weight is 384 g/mol. The number of methoxy groups -OCH3 is 3. The molecule has 1 aliphatic rings. The molecule has 1 aliphatic carbocycles. The Balaban J connectivity index is 1.68. The summed E-state index contributed by atoms with van der Waals surface area (Å²) in [7, 11) is 4.58. The predicted molar refractivity (Wildman–Crippen MR) is 111 cm³/mol. The van der Waals surface area contributed by atoms with E-state index in [1.807, 2.05) is 24.3 Å². The number of nitrogens with one attached hydrogen (secondary N) is 2. The summed E-state index contributed by atoms with van der Waals surface area (Å²) in [6.07, 6.45) is 6.37. The van der Waals surface area contributed by atoms with E-state index in [1.54, 1.807) is 12.1 Å². The molecular weight excluding hydrogens is 356 g/mol. The van der Waals surface area contributed by atoms with Crippen LogP contribution in [0.15, 0.2) is 36.4 Å². The van der Waals surface area contributed by atoms with Crippen LogP contribution in [0.2, 0.25) is 0 Å². The number of anilines is 2. The Morgan fingerprint density at radius 2 is 1.43 bits per heavy atom. The second-order valence-corrected chi connectivity index (χ2v) is 6.92. The molecule has 0 aliphatic heterocycles. The highest BCUT2D eigenvalue weighted by Gasteiger charge is 2.17. The maximum Gasteiger partial charge on any atom is 0.255 e. The minimum Gasteiger partial charge on any atom is -0.493 e. The first-order valence-electron chi connectivity index (χ1n) is 9.62. The van der Waals surface area contributed by atoms with Crippen LogP contribution in [0.1, 0.15) is 42.5 Å². The highest BCUT2D eigenvalue weighted by Crippen LogP contribution is 2.38. The monoisotopic (exact) mass is 384 g/mol. The molecule has 0 aromatic heterocycles. The van der Waals surface area contributed by atoms with Crippen molar-refractivity contribution in [1.82, 2.24) is 0 Å². The predicted octanol–water partition coefficient (Wildman–Crippen LogP) is 4.71. The molecule has 2 aromatic rings. The number of hydrogen-bond donors (Lipinski definition) is 2. The highest BCUT2D eigenvalue weighted by atomic mass is 16.5. The van der Waals surface area contributed by atoms with Gasteiger partial charge in [0.05, 0.1) is 21.3 Å². The molecular formula is C22H28N2O4. The van der Waals surface area contributed by atoms with Crippen molar-refractivity contribution in [3.05, 3.63) is 42.0 Å². The van der Waals surface area contributed by atoms with Crippen LogP contribution in [-0.4, -0.2) is 33.3 Å². The Bertz CT molecular complexity index is 774. The van der Waals surface area contributed by atoms with Crippen molar-refractivity contribution in [2.75, 3.05) is 32.0 Å². The molecule has 2 aromatic carbocycles. The lowest BCUT2D eigenvalue weighted by Crippen LogP contribution is -2.22. The van der Waals surface area contributed by atoms with Crippen molar-refractivity contribution in [1.29, 1.82) is 0 Å². The lowest BCUT2D eigenvalue weighted by Gasteiger charge is -2.23. The van der Waals surface area contributed by atoms with Gasteiger partial charge in [-0.3, -0.25) is 4.79 Å². The quantitative estimate of drug-likeness (QED) is 0.724. The van der Waals surface area contributed by atoms with Crippen LogP contribution in [0.5, 0.6) is 17.2 Å². The van der Waals surface area contributed by atoms with Crippen LogP contribution in [0.25, 0.3) is 0 Å². The molecule has 3 rings (SSSR count). The Morgan fingerprint density at radius 3 is 1.96 bits per heavy atom. The Labute approximate surface area is 166 Å². The molecule has 1 saturated carbocycles. The van der Waals surface area contributed by atoms with Gasteiger partial charge in [0, 0.05) is 23.0 Å². The van der Waals surface area contributed by atoms with Crippen LogP contribution in [0.4, 0.5) is 11.4 Å². The number of amides is 1. The van der Waals surface area contributed by atoms with E-state index >= 15 is 0 Å². The minimum atomic E-state index is -0.243. The molecule has 0 radical (unpaired) electrons. The molecule has 150 valence electrons. The van der Waals surface area contributed by atoms with Crippen LogP contribution in [-0.2, 0) is 0 Å². The smallest absolute Gasteiger partial charge is 0.255 e. The van der Waals surface area contributed by atoms with Gasteiger partial charge in [0.2, 0.25) is 5.75 Å². The molecule has 6 heteroatoms. The van der Waals surface area contributed by atoms with Gasteiger partial charge in [-0.2, -0.15) is 0 Å². The largest absolute Gasteiger partial charge is 0.493 e. The zero-order valence-corrected chi connectivity index (χ0v) is 16.7. The van der Waals surface area contributed by atoms with E-state index in [-0.39, 0.29) is 5.91 Å². The first kappa shape index (κ1) is 19.9. The van der Waals surface area contributed by atoms with Gasteiger partial charge in [0.1, 0.15) is 0 Å². The summed E-state index contributed by atoms with van der Waals surface area (Å²) >= 11 is 0. The van der Waals surface area contributed by atoms with E-state index in [2.05, 4.69) is 10.6 Å². The van der Waals surface area contributed by atoms with E-state index < -0.39 is 0 Å². The van der Waals surface area contributed by atoms with Crippen LogP contribution in [0, 0.1) is 0 Å². The zero-order chi connectivity index (χ0) is 19.9. The maximum absolute atomic E-state index is 12.7. The topological polar surface area (TPSA) is 68.8 Å². The second-order valence-electron chi connectivity index (χ2n) is 6.92. The molecule has 6 nitrogen and oxygen atoms in total. The number of ether oxygens (including phenoxy) is 3. The Kier molecular flexibility index (Phi) is 6.63. The normalized spacial score (nSPS) is 14.2. The summed E-state index contributed by atoms with van der Waals surface area (Å²) in [5, 5.41) is 6.49. The SMILES string of the molecule is COc1cc(C(=O)Nc2ccc(NC3CCCCC3)cc2)cc(OC)c1OC. The Morgan fingerprint density at radius 1 is 0.857 bits per heavy atom. The first-order chi connectivity index (χ1) is 13.6.